The third-order valence-electron chi connectivity index (χ3n) is 2.17. The SMILES string of the molecule is COc1cc(C(=O)NNC=O)cc(OC)c1OC. The van der Waals surface area contributed by atoms with Gasteiger partial charge in [-0.3, -0.25) is 20.4 Å². The van der Waals surface area contributed by atoms with Gasteiger partial charge in [-0.2, -0.15) is 0 Å². The van der Waals surface area contributed by atoms with Crippen LogP contribution >= 0.6 is 0 Å². The van der Waals surface area contributed by atoms with E-state index in [0.29, 0.717) is 23.7 Å². The van der Waals surface area contributed by atoms with Crippen molar-refractivity contribution in [1.82, 2.24) is 10.9 Å². The Morgan fingerprint density at radius 3 is 2.06 bits per heavy atom. The average Bonchev–Trinajstić information content (AvgIpc) is 2.42. The first-order valence-electron chi connectivity index (χ1n) is 4.97. The minimum absolute atomic E-state index is 0.263. The van der Waals surface area contributed by atoms with Crippen LogP contribution in [0, 0.1) is 0 Å². The van der Waals surface area contributed by atoms with Crippen LogP contribution < -0.4 is 25.1 Å². The first-order valence-corrected chi connectivity index (χ1v) is 4.97. The largest absolute Gasteiger partial charge is 0.493 e. The molecular weight excluding hydrogens is 240 g/mol. The molecule has 0 spiro atoms. The highest BCUT2D eigenvalue weighted by molar-refractivity contribution is 5.95. The summed E-state index contributed by atoms with van der Waals surface area (Å²) in [6.07, 6.45) is 0.357. The zero-order chi connectivity index (χ0) is 13.5. The van der Waals surface area contributed by atoms with Gasteiger partial charge in [-0.05, 0) is 12.1 Å². The lowest BCUT2D eigenvalue weighted by Crippen LogP contribution is -2.36. The van der Waals surface area contributed by atoms with Crippen LogP contribution in [0.2, 0.25) is 0 Å². The van der Waals surface area contributed by atoms with Gasteiger partial charge in [0, 0.05) is 5.56 Å². The second-order valence-electron chi connectivity index (χ2n) is 3.13. The summed E-state index contributed by atoms with van der Waals surface area (Å²) in [6.45, 7) is 0. The Labute approximate surface area is 104 Å². The second kappa shape index (κ2) is 6.33. The van der Waals surface area contributed by atoms with E-state index < -0.39 is 5.91 Å². The molecule has 0 fully saturated rings. The molecule has 0 aliphatic rings. The second-order valence-corrected chi connectivity index (χ2v) is 3.13. The first-order chi connectivity index (χ1) is 8.67. The Kier molecular flexibility index (Phi) is 4.79. The number of hydrazine groups is 1. The topological polar surface area (TPSA) is 85.9 Å². The number of hydrogen-bond acceptors (Lipinski definition) is 5. The summed E-state index contributed by atoms with van der Waals surface area (Å²) in [7, 11) is 4.36. The normalized spacial score (nSPS) is 9.28. The van der Waals surface area contributed by atoms with E-state index in [-0.39, 0.29) is 5.56 Å². The molecule has 0 atom stereocenters. The molecule has 98 valence electrons. The van der Waals surface area contributed by atoms with Gasteiger partial charge in [0.15, 0.2) is 11.5 Å². The molecule has 0 radical (unpaired) electrons. The van der Waals surface area contributed by atoms with E-state index in [2.05, 4.69) is 10.9 Å². The third kappa shape index (κ3) is 2.82. The summed E-state index contributed by atoms with van der Waals surface area (Å²) in [5.41, 5.74) is 4.50. The fourth-order valence-corrected chi connectivity index (χ4v) is 1.38. The minimum Gasteiger partial charge on any atom is -0.493 e. The predicted octanol–water partition coefficient (Wildman–Crippen LogP) is 0.103. The lowest BCUT2D eigenvalue weighted by atomic mass is 10.1. The zero-order valence-corrected chi connectivity index (χ0v) is 10.3. The smallest absolute Gasteiger partial charge is 0.269 e. The number of methoxy groups -OCH3 is 3. The van der Waals surface area contributed by atoms with Crippen molar-refractivity contribution >= 4 is 12.3 Å². The lowest BCUT2D eigenvalue weighted by molar-refractivity contribution is -0.110. The molecule has 18 heavy (non-hydrogen) atoms. The van der Waals surface area contributed by atoms with E-state index in [1.165, 1.54) is 33.5 Å². The molecular formula is C11H14N2O5. The summed E-state index contributed by atoms with van der Waals surface area (Å²) in [6, 6.07) is 2.95. The monoisotopic (exact) mass is 254 g/mol. The van der Waals surface area contributed by atoms with E-state index in [1.54, 1.807) is 0 Å². The van der Waals surface area contributed by atoms with Crippen LogP contribution in [-0.4, -0.2) is 33.6 Å². The molecule has 0 aromatic heterocycles. The molecule has 1 aromatic rings. The summed E-state index contributed by atoms with van der Waals surface area (Å²) in [5, 5.41) is 0. The quantitative estimate of drug-likeness (QED) is 0.555. The Hall–Kier alpha value is -2.44. The molecule has 2 amide bonds. The highest BCUT2D eigenvalue weighted by Gasteiger charge is 2.16. The van der Waals surface area contributed by atoms with Gasteiger partial charge in [-0.25, -0.2) is 0 Å². The van der Waals surface area contributed by atoms with E-state index in [0.717, 1.165) is 0 Å². The molecule has 7 nitrogen and oxygen atoms in total. The van der Waals surface area contributed by atoms with Crippen molar-refractivity contribution < 1.29 is 23.8 Å². The van der Waals surface area contributed by atoms with Crippen molar-refractivity contribution in [2.45, 2.75) is 0 Å². The van der Waals surface area contributed by atoms with Gasteiger partial charge in [0.1, 0.15) is 0 Å². The number of ether oxygens (including phenoxy) is 3. The molecule has 0 aliphatic carbocycles. The highest BCUT2D eigenvalue weighted by atomic mass is 16.5. The number of carbonyl (C=O) groups excluding carboxylic acids is 2. The Bertz CT molecular complexity index is 422. The van der Waals surface area contributed by atoms with E-state index in [1.807, 2.05) is 0 Å². The molecule has 1 rings (SSSR count). The van der Waals surface area contributed by atoms with Crippen LogP contribution in [0.1, 0.15) is 10.4 Å². The number of hydrogen-bond donors (Lipinski definition) is 2. The van der Waals surface area contributed by atoms with E-state index in [9.17, 15) is 9.59 Å². The maximum Gasteiger partial charge on any atom is 0.269 e. The van der Waals surface area contributed by atoms with Crippen molar-refractivity contribution in [2.24, 2.45) is 0 Å². The van der Waals surface area contributed by atoms with Gasteiger partial charge in [0.05, 0.1) is 21.3 Å². The summed E-state index contributed by atoms with van der Waals surface area (Å²) in [5.74, 6) is 0.599. The Morgan fingerprint density at radius 2 is 1.67 bits per heavy atom. The van der Waals surface area contributed by atoms with Crippen molar-refractivity contribution in [1.29, 1.82) is 0 Å². The van der Waals surface area contributed by atoms with Crippen LogP contribution in [-0.2, 0) is 4.79 Å². The molecule has 7 heteroatoms. The van der Waals surface area contributed by atoms with Gasteiger partial charge in [0.2, 0.25) is 12.2 Å². The Balaban J connectivity index is 3.14. The van der Waals surface area contributed by atoms with Crippen molar-refractivity contribution in [3.63, 3.8) is 0 Å². The molecule has 0 bridgehead atoms. The Morgan fingerprint density at radius 1 is 1.11 bits per heavy atom. The molecule has 1 aromatic carbocycles. The number of nitrogens with one attached hydrogen (secondary N) is 2. The van der Waals surface area contributed by atoms with Gasteiger partial charge in [0.25, 0.3) is 5.91 Å². The summed E-state index contributed by atoms with van der Waals surface area (Å²) >= 11 is 0. The summed E-state index contributed by atoms with van der Waals surface area (Å²) in [4.78, 5) is 21.7. The molecule has 0 unspecified atom stereocenters. The number of rotatable bonds is 6. The van der Waals surface area contributed by atoms with E-state index >= 15 is 0 Å². The van der Waals surface area contributed by atoms with Gasteiger partial charge in [-0.1, -0.05) is 0 Å². The van der Waals surface area contributed by atoms with Crippen molar-refractivity contribution in [3.05, 3.63) is 17.7 Å². The fourth-order valence-electron chi connectivity index (χ4n) is 1.38. The summed E-state index contributed by atoms with van der Waals surface area (Å²) < 4.78 is 15.3. The maximum atomic E-state index is 11.7. The molecule has 0 aliphatic heterocycles. The van der Waals surface area contributed by atoms with Crippen molar-refractivity contribution in [2.75, 3.05) is 21.3 Å². The first kappa shape index (κ1) is 13.6. The lowest BCUT2D eigenvalue weighted by Gasteiger charge is -2.13. The fraction of sp³-hybridized carbons (Fsp3) is 0.273. The number of amides is 2. The molecule has 0 saturated heterocycles. The van der Waals surface area contributed by atoms with Crippen LogP contribution in [0.5, 0.6) is 17.2 Å². The third-order valence-corrected chi connectivity index (χ3v) is 2.17. The van der Waals surface area contributed by atoms with E-state index in [4.69, 9.17) is 14.2 Å². The number of carbonyl (C=O) groups is 2. The average molecular weight is 254 g/mol. The predicted molar refractivity (Wildman–Crippen MR) is 62.8 cm³/mol. The van der Waals surface area contributed by atoms with Crippen LogP contribution in [0.15, 0.2) is 12.1 Å². The van der Waals surface area contributed by atoms with Gasteiger partial charge in [-0.15, -0.1) is 0 Å². The minimum atomic E-state index is -0.499. The molecule has 0 saturated carbocycles. The maximum absolute atomic E-state index is 11.7. The number of benzene rings is 1. The highest BCUT2D eigenvalue weighted by Crippen LogP contribution is 2.38. The molecule has 0 heterocycles. The van der Waals surface area contributed by atoms with Crippen molar-refractivity contribution in [3.8, 4) is 17.2 Å². The van der Waals surface area contributed by atoms with Crippen LogP contribution in [0.25, 0.3) is 0 Å². The van der Waals surface area contributed by atoms with Gasteiger partial charge < -0.3 is 14.2 Å². The van der Waals surface area contributed by atoms with Gasteiger partial charge >= 0.3 is 0 Å². The van der Waals surface area contributed by atoms with Crippen LogP contribution in [0.4, 0.5) is 0 Å². The standard InChI is InChI=1S/C11H14N2O5/c1-16-8-4-7(11(15)13-12-6-14)5-9(17-2)10(8)18-3/h4-6H,1-3H3,(H,12,14)(H,13,15). The van der Waals surface area contributed by atoms with Crippen LogP contribution in [0.3, 0.4) is 0 Å². The molecule has 2 N–H and O–H groups in total. The zero-order valence-electron chi connectivity index (χ0n) is 10.3.